The van der Waals surface area contributed by atoms with Gasteiger partial charge in [-0.2, -0.15) is 0 Å². The van der Waals surface area contributed by atoms with Gasteiger partial charge < -0.3 is 10.6 Å². The second-order valence-electron chi connectivity index (χ2n) is 3.03. The Morgan fingerprint density at radius 2 is 2.31 bits per heavy atom. The maximum absolute atomic E-state index is 5.85. The van der Waals surface area contributed by atoms with Crippen LogP contribution in [0, 0.1) is 0 Å². The van der Waals surface area contributed by atoms with Gasteiger partial charge >= 0.3 is 0 Å². The number of rotatable bonds is 2. The molecule has 1 aromatic rings. The van der Waals surface area contributed by atoms with E-state index in [9.17, 15) is 0 Å². The molecular weight excluding hydrogens is 188 g/mol. The van der Waals surface area contributed by atoms with Crippen LogP contribution in [0.1, 0.15) is 6.42 Å². The molecule has 1 fully saturated rings. The lowest BCUT2D eigenvalue weighted by Crippen LogP contribution is -2.22. The van der Waals surface area contributed by atoms with Gasteiger partial charge in [-0.3, -0.25) is 0 Å². The molecule has 0 aromatic carbocycles. The van der Waals surface area contributed by atoms with Gasteiger partial charge in [0.1, 0.15) is 0 Å². The van der Waals surface area contributed by atoms with Gasteiger partial charge in [0.2, 0.25) is 0 Å². The molecule has 0 radical (unpaired) electrons. The van der Waals surface area contributed by atoms with Crippen molar-refractivity contribution >= 4 is 17.4 Å². The molecule has 2 rings (SSSR count). The first kappa shape index (κ1) is 8.72. The summed E-state index contributed by atoms with van der Waals surface area (Å²) in [7, 11) is 0. The van der Waals surface area contributed by atoms with Crippen LogP contribution in [0.15, 0.2) is 12.4 Å². The lowest BCUT2D eigenvalue weighted by atomic mass is 10.3. The van der Waals surface area contributed by atoms with E-state index in [2.05, 4.69) is 20.6 Å². The van der Waals surface area contributed by atoms with Crippen molar-refractivity contribution in [3.8, 4) is 0 Å². The molecule has 1 aromatic heterocycles. The highest BCUT2D eigenvalue weighted by molar-refractivity contribution is 6.31. The predicted octanol–water partition coefficient (Wildman–Crippen LogP) is 0.904. The van der Waals surface area contributed by atoms with Crippen LogP contribution >= 0.6 is 11.6 Å². The molecule has 1 saturated heterocycles. The minimum Gasteiger partial charge on any atom is -0.363 e. The van der Waals surface area contributed by atoms with Gasteiger partial charge in [0.25, 0.3) is 0 Å². The summed E-state index contributed by atoms with van der Waals surface area (Å²) in [6.45, 7) is 2.02. The van der Waals surface area contributed by atoms with Crippen molar-refractivity contribution in [2.24, 2.45) is 0 Å². The van der Waals surface area contributed by atoms with Crippen molar-refractivity contribution < 1.29 is 0 Å². The zero-order chi connectivity index (χ0) is 9.10. The Bertz CT molecular complexity index is 285. The Morgan fingerprint density at radius 3 is 3.00 bits per heavy atom. The van der Waals surface area contributed by atoms with Crippen LogP contribution in [0.25, 0.3) is 0 Å². The summed E-state index contributed by atoms with van der Waals surface area (Å²) >= 11 is 5.85. The fraction of sp³-hybridized carbons (Fsp3) is 0.500. The van der Waals surface area contributed by atoms with Crippen LogP contribution in [0.4, 0.5) is 5.82 Å². The summed E-state index contributed by atoms with van der Waals surface area (Å²) in [5, 5.41) is 6.94. The maximum Gasteiger partial charge on any atom is 0.171 e. The molecule has 70 valence electrons. The molecule has 0 amide bonds. The van der Waals surface area contributed by atoms with Gasteiger partial charge in [0.15, 0.2) is 11.0 Å². The van der Waals surface area contributed by atoms with E-state index in [0.717, 1.165) is 19.5 Å². The van der Waals surface area contributed by atoms with Gasteiger partial charge in [-0.25, -0.2) is 9.97 Å². The Hall–Kier alpha value is -0.870. The molecule has 0 spiro atoms. The number of hydrogen-bond donors (Lipinski definition) is 2. The summed E-state index contributed by atoms with van der Waals surface area (Å²) < 4.78 is 0. The number of aromatic nitrogens is 2. The smallest absolute Gasteiger partial charge is 0.171 e. The molecule has 1 aliphatic rings. The van der Waals surface area contributed by atoms with E-state index in [0.29, 0.717) is 17.0 Å². The minimum atomic E-state index is 0.425. The van der Waals surface area contributed by atoms with Crippen molar-refractivity contribution in [3.63, 3.8) is 0 Å². The van der Waals surface area contributed by atoms with Crippen LogP contribution < -0.4 is 10.6 Å². The average Bonchev–Trinajstić information content (AvgIpc) is 2.61. The van der Waals surface area contributed by atoms with Crippen LogP contribution in [0.3, 0.4) is 0 Å². The first-order chi connectivity index (χ1) is 6.36. The van der Waals surface area contributed by atoms with Gasteiger partial charge in [-0.05, 0) is 13.0 Å². The SMILES string of the molecule is Clc1nccnc1NC1CCNC1. The number of halogens is 1. The summed E-state index contributed by atoms with van der Waals surface area (Å²) in [5.41, 5.74) is 0. The van der Waals surface area contributed by atoms with Gasteiger partial charge in [-0.15, -0.1) is 0 Å². The summed E-state index contributed by atoms with van der Waals surface area (Å²) in [6.07, 6.45) is 4.32. The van der Waals surface area contributed by atoms with Crippen LogP contribution in [-0.4, -0.2) is 29.1 Å². The van der Waals surface area contributed by atoms with E-state index in [1.807, 2.05) is 0 Å². The summed E-state index contributed by atoms with van der Waals surface area (Å²) in [6, 6.07) is 0.425. The molecular formula is C8H11ClN4. The standard InChI is InChI=1S/C8H11ClN4/c9-7-8(12-4-3-11-7)13-6-1-2-10-5-6/h3-4,6,10H,1-2,5H2,(H,12,13). The summed E-state index contributed by atoms with van der Waals surface area (Å²) in [5.74, 6) is 0.679. The third-order valence-electron chi connectivity index (χ3n) is 2.05. The average molecular weight is 199 g/mol. The molecule has 1 unspecified atom stereocenters. The van der Waals surface area contributed by atoms with Crippen molar-refractivity contribution in [1.82, 2.24) is 15.3 Å². The Balaban J connectivity index is 2.04. The lowest BCUT2D eigenvalue weighted by molar-refractivity contribution is 0.786. The normalized spacial score (nSPS) is 21.8. The van der Waals surface area contributed by atoms with Crippen molar-refractivity contribution in [2.45, 2.75) is 12.5 Å². The van der Waals surface area contributed by atoms with Crippen LogP contribution in [0.2, 0.25) is 5.15 Å². The number of hydrogen-bond acceptors (Lipinski definition) is 4. The second-order valence-corrected chi connectivity index (χ2v) is 3.39. The minimum absolute atomic E-state index is 0.425. The largest absolute Gasteiger partial charge is 0.363 e. The van der Waals surface area contributed by atoms with E-state index >= 15 is 0 Å². The first-order valence-electron chi connectivity index (χ1n) is 4.30. The molecule has 2 heterocycles. The molecule has 0 bridgehead atoms. The van der Waals surface area contributed by atoms with E-state index in [-0.39, 0.29) is 0 Å². The van der Waals surface area contributed by atoms with Gasteiger partial charge in [0, 0.05) is 25.0 Å². The van der Waals surface area contributed by atoms with Crippen LogP contribution in [-0.2, 0) is 0 Å². The second kappa shape index (κ2) is 3.89. The quantitative estimate of drug-likeness (QED) is 0.742. The number of anilines is 1. The predicted molar refractivity (Wildman–Crippen MR) is 51.9 cm³/mol. The highest BCUT2D eigenvalue weighted by Crippen LogP contribution is 2.16. The zero-order valence-electron chi connectivity index (χ0n) is 7.13. The van der Waals surface area contributed by atoms with E-state index in [4.69, 9.17) is 11.6 Å². The molecule has 1 aliphatic heterocycles. The van der Waals surface area contributed by atoms with Crippen molar-refractivity contribution in [1.29, 1.82) is 0 Å². The monoisotopic (exact) mass is 198 g/mol. The molecule has 13 heavy (non-hydrogen) atoms. The highest BCUT2D eigenvalue weighted by atomic mass is 35.5. The van der Waals surface area contributed by atoms with Gasteiger partial charge in [0.05, 0.1) is 0 Å². The van der Waals surface area contributed by atoms with E-state index in [1.54, 1.807) is 12.4 Å². The third kappa shape index (κ3) is 2.08. The molecule has 5 heteroatoms. The van der Waals surface area contributed by atoms with Gasteiger partial charge in [-0.1, -0.05) is 11.6 Å². The zero-order valence-corrected chi connectivity index (χ0v) is 7.88. The highest BCUT2D eigenvalue weighted by Gasteiger charge is 2.15. The molecule has 1 atom stereocenters. The first-order valence-corrected chi connectivity index (χ1v) is 4.68. The topological polar surface area (TPSA) is 49.8 Å². The Labute approximate surface area is 81.7 Å². The lowest BCUT2D eigenvalue weighted by Gasteiger charge is -2.11. The van der Waals surface area contributed by atoms with Crippen molar-refractivity contribution in [2.75, 3.05) is 18.4 Å². The summed E-state index contributed by atoms with van der Waals surface area (Å²) in [4.78, 5) is 8.05. The molecule has 0 aliphatic carbocycles. The molecule has 0 saturated carbocycles. The number of nitrogens with one attached hydrogen (secondary N) is 2. The van der Waals surface area contributed by atoms with Crippen molar-refractivity contribution in [3.05, 3.63) is 17.5 Å². The fourth-order valence-corrected chi connectivity index (χ4v) is 1.55. The maximum atomic E-state index is 5.85. The molecule has 2 N–H and O–H groups in total. The number of nitrogens with zero attached hydrogens (tertiary/aromatic N) is 2. The van der Waals surface area contributed by atoms with Crippen LogP contribution in [0.5, 0.6) is 0 Å². The van der Waals surface area contributed by atoms with E-state index < -0.39 is 0 Å². The van der Waals surface area contributed by atoms with E-state index in [1.165, 1.54) is 0 Å². The third-order valence-corrected chi connectivity index (χ3v) is 2.33. The Morgan fingerprint density at radius 1 is 1.46 bits per heavy atom. The fourth-order valence-electron chi connectivity index (χ4n) is 1.39. The molecule has 4 nitrogen and oxygen atoms in total. The Kier molecular flexibility index (Phi) is 2.61.